The van der Waals surface area contributed by atoms with Crippen molar-refractivity contribution in [1.82, 2.24) is 10.2 Å². The minimum atomic E-state index is -0.341. The summed E-state index contributed by atoms with van der Waals surface area (Å²) >= 11 is 0. The average molecular weight is 256 g/mol. The summed E-state index contributed by atoms with van der Waals surface area (Å²) in [4.78, 5) is 13.7. The van der Waals surface area contributed by atoms with Crippen molar-refractivity contribution < 1.29 is 14.3 Å². The molecule has 5 heteroatoms. The summed E-state index contributed by atoms with van der Waals surface area (Å²) < 4.78 is 11.4. The van der Waals surface area contributed by atoms with Gasteiger partial charge >= 0.3 is 6.03 Å². The van der Waals surface area contributed by atoms with Crippen LogP contribution in [0.5, 0.6) is 0 Å². The van der Waals surface area contributed by atoms with Crippen LogP contribution in [0.1, 0.15) is 39.5 Å². The topological polar surface area (TPSA) is 50.8 Å². The van der Waals surface area contributed by atoms with Gasteiger partial charge in [0.25, 0.3) is 0 Å². The first-order valence-corrected chi connectivity index (χ1v) is 6.84. The Bertz CT molecular complexity index is 291. The van der Waals surface area contributed by atoms with Gasteiger partial charge in [-0.25, -0.2) is 4.79 Å². The van der Waals surface area contributed by atoms with Crippen LogP contribution in [-0.4, -0.2) is 49.1 Å². The maximum Gasteiger partial charge on any atom is 0.317 e. The Labute approximate surface area is 109 Å². The van der Waals surface area contributed by atoms with E-state index in [9.17, 15) is 4.79 Å². The minimum absolute atomic E-state index is 0.0132. The number of carbonyl (C=O) groups is 1. The lowest BCUT2D eigenvalue weighted by Crippen LogP contribution is -2.49. The van der Waals surface area contributed by atoms with E-state index in [2.05, 4.69) is 5.32 Å². The van der Waals surface area contributed by atoms with Crippen LogP contribution < -0.4 is 5.32 Å². The Kier molecular flexibility index (Phi) is 4.12. The molecular formula is C13H24N2O3. The second kappa shape index (κ2) is 5.45. The van der Waals surface area contributed by atoms with Gasteiger partial charge in [0, 0.05) is 32.0 Å². The highest BCUT2D eigenvalue weighted by Gasteiger charge is 2.41. The van der Waals surface area contributed by atoms with Crippen LogP contribution in [0, 0.1) is 0 Å². The quantitative estimate of drug-likeness (QED) is 0.818. The first kappa shape index (κ1) is 13.6. The van der Waals surface area contributed by atoms with E-state index in [1.165, 1.54) is 0 Å². The SMILES string of the molecule is CC(C)NC(=O)N(C)C1CCC2(CC1)OCCO2. The van der Waals surface area contributed by atoms with Gasteiger partial charge < -0.3 is 19.7 Å². The Hall–Kier alpha value is -0.810. The van der Waals surface area contributed by atoms with Crippen LogP contribution in [0.15, 0.2) is 0 Å². The molecule has 1 aliphatic heterocycles. The third kappa shape index (κ3) is 2.95. The standard InChI is InChI=1S/C13H24N2O3/c1-10(2)14-12(16)15(3)11-4-6-13(7-5-11)17-8-9-18-13/h10-11H,4-9H2,1-3H3,(H,14,16). The Morgan fingerprint density at radius 1 is 1.28 bits per heavy atom. The molecule has 2 aliphatic rings. The van der Waals surface area contributed by atoms with Crippen LogP contribution in [0.4, 0.5) is 4.79 Å². The van der Waals surface area contributed by atoms with E-state index in [1.54, 1.807) is 0 Å². The second-order valence-electron chi connectivity index (χ2n) is 5.55. The fourth-order valence-corrected chi connectivity index (χ4v) is 2.73. The molecule has 0 aromatic rings. The molecule has 18 heavy (non-hydrogen) atoms. The molecule has 0 unspecified atom stereocenters. The van der Waals surface area contributed by atoms with Gasteiger partial charge in [-0.2, -0.15) is 0 Å². The molecule has 0 aromatic carbocycles. The van der Waals surface area contributed by atoms with Crippen LogP contribution >= 0.6 is 0 Å². The molecule has 1 heterocycles. The smallest absolute Gasteiger partial charge is 0.317 e. The highest BCUT2D eigenvalue weighted by molar-refractivity contribution is 5.74. The average Bonchev–Trinajstić information content (AvgIpc) is 2.77. The van der Waals surface area contributed by atoms with E-state index in [1.807, 2.05) is 25.8 Å². The van der Waals surface area contributed by atoms with E-state index < -0.39 is 0 Å². The van der Waals surface area contributed by atoms with Gasteiger partial charge in [-0.05, 0) is 26.7 Å². The Morgan fingerprint density at radius 2 is 1.83 bits per heavy atom. The minimum Gasteiger partial charge on any atom is -0.348 e. The molecule has 0 atom stereocenters. The number of nitrogens with zero attached hydrogens (tertiary/aromatic N) is 1. The molecular weight excluding hydrogens is 232 g/mol. The highest BCUT2D eigenvalue weighted by Crippen LogP contribution is 2.37. The van der Waals surface area contributed by atoms with Crippen molar-refractivity contribution in [3.8, 4) is 0 Å². The van der Waals surface area contributed by atoms with Crippen LogP contribution in [0.2, 0.25) is 0 Å². The molecule has 2 rings (SSSR count). The molecule has 0 bridgehead atoms. The van der Waals surface area contributed by atoms with E-state index in [0.29, 0.717) is 19.3 Å². The van der Waals surface area contributed by atoms with Crippen molar-refractivity contribution in [3.05, 3.63) is 0 Å². The van der Waals surface area contributed by atoms with Crippen molar-refractivity contribution in [2.75, 3.05) is 20.3 Å². The van der Waals surface area contributed by atoms with Crippen LogP contribution in [0.25, 0.3) is 0 Å². The zero-order valence-electron chi connectivity index (χ0n) is 11.6. The summed E-state index contributed by atoms with van der Waals surface area (Å²) in [7, 11) is 1.87. The summed E-state index contributed by atoms with van der Waals surface area (Å²) in [6, 6.07) is 0.484. The predicted molar refractivity (Wildman–Crippen MR) is 68.3 cm³/mol. The summed E-state index contributed by atoms with van der Waals surface area (Å²) in [5.41, 5.74) is 0. The molecule has 2 fully saturated rings. The summed E-state index contributed by atoms with van der Waals surface area (Å²) in [5.74, 6) is -0.341. The number of urea groups is 1. The summed E-state index contributed by atoms with van der Waals surface area (Å²) in [5, 5.41) is 2.93. The zero-order valence-corrected chi connectivity index (χ0v) is 11.6. The zero-order chi connectivity index (χ0) is 13.2. The van der Waals surface area contributed by atoms with Gasteiger partial charge in [-0.15, -0.1) is 0 Å². The van der Waals surface area contributed by atoms with E-state index >= 15 is 0 Å². The van der Waals surface area contributed by atoms with Gasteiger partial charge in [0.1, 0.15) is 0 Å². The summed E-state index contributed by atoms with van der Waals surface area (Å²) in [6.45, 7) is 5.35. The molecule has 1 saturated heterocycles. The molecule has 0 aromatic heterocycles. The third-order valence-corrected chi connectivity index (χ3v) is 3.81. The molecule has 0 radical (unpaired) electrons. The fraction of sp³-hybridized carbons (Fsp3) is 0.923. The van der Waals surface area contributed by atoms with Gasteiger partial charge in [0.2, 0.25) is 0 Å². The monoisotopic (exact) mass is 256 g/mol. The first-order valence-electron chi connectivity index (χ1n) is 6.84. The van der Waals surface area contributed by atoms with E-state index in [-0.39, 0.29) is 17.9 Å². The number of nitrogens with one attached hydrogen (secondary N) is 1. The molecule has 104 valence electrons. The Morgan fingerprint density at radius 3 is 2.33 bits per heavy atom. The van der Waals surface area contributed by atoms with Gasteiger partial charge in [-0.3, -0.25) is 0 Å². The number of carbonyl (C=O) groups excluding carboxylic acids is 1. The van der Waals surface area contributed by atoms with Crippen molar-refractivity contribution in [3.63, 3.8) is 0 Å². The van der Waals surface area contributed by atoms with Gasteiger partial charge in [0.15, 0.2) is 5.79 Å². The maximum atomic E-state index is 11.9. The molecule has 5 nitrogen and oxygen atoms in total. The molecule has 2 amide bonds. The van der Waals surface area contributed by atoms with Gasteiger partial charge in [-0.1, -0.05) is 0 Å². The Balaban J connectivity index is 1.83. The van der Waals surface area contributed by atoms with Gasteiger partial charge in [0.05, 0.1) is 13.2 Å². The molecule has 1 aliphatic carbocycles. The van der Waals surface area contributed by atoms with Crippen molar-refractivity contribution >= 4 is 6.03 Å². The normalized spacial score (nSPS) is 23.6. The number of amides is 2. The summed E-state index contributed by atoms with van der Waals surface area (Å²) in [6.07, 6.45) is 3.66. The van der Waals surface area contributed by atoms with Crippen molar-refractivity contribution in [2.24, 2.45) is 0 Å². The largest absolute Gasteiger partial charge is 0.348 e. The number of hydrogen-bond donors (Lipinski definition) is 1. The molecule has 1 N–H and O–H groups in total. The molecule has 1 saturated carbocycles. The maximum absolute atomic E-state index is 11.9. The lowest BCUT2D eigenvalue weighted by molar-refractivity contribution is -0.182. The van der Waals surface area contributed by atoms with Crippen LogP contribution in [-0.2, 0) is 9.47 Å². The lowest BCUT2D eigenvalue weighted by Gasteiger charge is -2.39. The third-order valence-electron chi connectivity index (χ3n) is 3.81. The number of hydrogen-bond acceptors (Lipinski definition) is 3. The second-order valence-corrected chi connectivity index (χ2v) is 5.55. The number of rotatable bonds is 2. The molecule has 1 spiro atoms. The van der Waals surface area contributed by atoms with Crippen molar-refractivity contribution in [2.45, 2.75) is 57.4 Å². The van der Waals surface area contributed by atoms with Crippen molar-refractivity contribution in [1.29, 1.82) is 0 Å². The van der Waals surface area contributed by atoms with E-state index in [4.69, 9.17) is 9.47 Å². The first-order chi connectivity index (χ1) is 8.52. The predicted octanol–water partition coefficient (Wildman–Crippen LogP) is 1.72. The van der Waals surface area contributed by atoms with E-state index in [0.717, 1.165) is 25.7 Å². The number of ether oxygens (including phenoxy) is 2. The van der Waals surface area contributed by atoms with Crippen LogP contribution in [0.3, 0.4) is 0 Å². The lowest BCUT2D eigenvalue weighted by atomic mass is 9.89. The highest BCUT2D eigenvalue weighted by atomic mass is 16.7. The fourth-order valence-electron chi connectivity index (χ4n) is 2.73.